The summed E-state index contributed by atoms with van der Waals surface area (Å²) in [6.07, 6.45) is -2.12. The minimum Gasteiger partial charge on any atom is -0.339 e. The van der Waals surface area contributed by atoms with Crippen LogP contribution in [0.1, 0.15) is 53.0 Å². The summed E-state index contributed by atoms with van der Waals surface area (Å²) in [5, 5.41) is 2.34. The molecule has 0 saturated carbocycles. The lowest BCUT2D eigenvalue weighted by molar-refractivity contribution is -0.136. The largest absolute Gasteiger partial charge is 0.417 e. The quantitative estimate of drug-likeness (QED) is 0.504. The molecule has 3 aromatic rings. The number of hydrogen-bond acceptors (Lipinski definition) is 3. The highest BCUT2D eigenvalue weighted by Gasteiger charge is 2.37. The number of carbonyl (C=O) groups is 2. The molecule has 8 heteroatoms. The van der Waals surface area contributed by atoms with Gasteiger partial charge in [-0.3, -0.25) is 14.6 Å². The first-order chi connectivity index (χ1) is 15.3. The highest BCUT2D eigenvalue weighted by atomic mass is 19.4. The zero-order valence-corrected chi connectivity index (χ0v) is 17.9. The number of para-hydroxylation sites is 1. The molecule has 2 amide bonds. The topological polar surface area (TPSA) is 62.3 Å². The molecule has 1 N–H and O–H groups in total. The van der Waals surface area contributed by atoms with E-state index >= 15 is 0 Å². The number of nitrogens with zero attached hydrogens (tertiary/aromatic N) is 2. The molecule has 0 bridgehead atoms. The molecule has 0 saturated heterocycles. The van der Waals surface area contributed by atoms with Crippen molar-refractivity contribution in [3.8, 4) is 0 Å². The van der Waals surface area contributed by atoms with Gasteiger partial charge in [0.05, 0.1) is 16.6 Å². The van der Waals surface area contributed by atoms with Gasteiger partial charge in [-0.15, -0.1) is 0 Å². The van der Waals surface area contributed by atoms with Crippen LogP contribution in [-0.2, 0) is 6.18 Å². The molecule has 0 aliphatic carbocycles. The molecule has 1 heterocycles. The van der Waals surface area contributed by atoms with E-state index < -0.39 is 23.2 Å². The highest BCUT2D eigenvalue weighted by molar-refractivity contribution is 6.08. The average molecular weight is 443 g/mol. The maximum Gasteiger partial charge on any atom is 0.417 e. The van der Waals surface area contributed by atoms with Gasteiger partial charge in [-0.1, -0.05) is 32.0 Å². The predicted octanol–water partition coefficient (Wildman–Crippen LogP) is 5.77. The lowest BCUT2D eigenvalue weighted by Gasteiger charge is -2.21. The van der Waals surface area contributed by atoms with E-state index in [0.29, 0.717) is 18.7 Å². The molecule has 0 radical (unpaired) electrons. The fourth-order valence-corrected chi connectivity index (χ4v) is 3.55. The summed E-state index contributed by atoms with van der Waals surface area (Å²) in [6, 6.07) is 11.9. The van der Waals surface area contributed by atoms with E-state index in [4.69, 9.17) is 0 Å². The summed E-state index contributed by atoms with van der Waals surface area (Å²) in [7, 11) is 0. The number of benzene rings is 2. The first-order valence-corrected chi connectivity index (χ1v) is 10.4. The van der Waals surface area contributed by atoms with Crippen molar-refractivity contribution < 1.29 is 22.8 Å². The van der Waals surface area contributed by atoms with E-state index in [-0.39, 0.29) is 22.5 Å². The number of anilines is 1. The number of hydrogen-bond donors (Lipinski definition) is 1. The standard InChI is InChI=1S/C24H24F3N3O2/c1-3-13-30(14-4-2)23(32)16-9-11-17(12-10-16)29-22(31)19-15-28-20-8-6-5-7-18(20)21(19)24(25,26)27/h5-12,15H,3-4,13-14H2,1-2H3,(H,29,31). The molecule has 0 fully saturated rings. The van der Waals surface area contributed by atoms with Crippen LogP contribution in [0.25, 0.3) is 10.9 Å². The maximum absolute atomic E-state index is 13.8. The van der Waals surface area contributed by atoms with E-state index in [1.165, 1.54) is 30.3 Å². The third-order valence-electron chi connectivity index (χ3n) is 4.97. The van der Waals surface area contributed by atoms with Crippen molar-refractivity contribution >= 4 is 28.4 Å². The molecule has 0 aliphatic rings. The minimum absolute atomic E-state index is 0.121. The highest BCUT2D eigenvalue weighted by Crippen LogP contribution is 2.37. The van der Waals surface area contributed by atoms with Crippen molar-refractivity contribution in [2.75, 3.05) is 18.4 Å². The van der Waals surface area contributed by atoms with Crippen LogP contribution < -0.4 is 5.32 Å². The Morgan fingerprint density at radius 2 is 1.59 bits per heavy atom. The Kier molecular flexibility index (Phi) is 7.12. The van der Waals surface area contributed by atoms with Gasteiger partial charge in [0.15, 0.2) is 0 Å². The Balaban J connectivity index is 1.85. The van der Waals surface area contributed by atoms with Crippen LogP contribution >= 0.6 is 0 Å². The van der Waals surface area contributed by atoms with Gasteiger partial charge in [0, 0.05) is 35.9 Å². The minimum atomic E-state index is -4.73. The van der Waals surface area contributed by atoms with Crippen LogP contribution in [0, 0.1) is 0 Å². The summed E-state index contributed by atoms with van der Waals surface area (Å²) < 4.78 is 41.3. The zero-order chi connectivity index (χ0) is 23.3. The zero-order valence-electron chi connectivity index (χ0n) is 17.9. The number of pyridine rings is 1. The summed E-state index contributed by atoms with van der Waals surface area (Å²) >= 11 is 0. The Bertz CT molecular complexity index is 1110. The molecule has 0 spiro atoms. The van der Waals surface area contributed by atoms with Crippen molar-refractivity contribution in [1.82, 2.24) is 9.88 Å². The van der Waals surface area contributed by atoms with E-state index in [9.17, 15) is 22.8 Å². The SMILES string of the molecule is CCCN(CCC)C(=O)c1ccc(NC(=O)c2cnc3ccccc3c2C(F)(F)F)cc1. The Morgan fingerprint density at radius 1 is 0.969 bits per heavy atom. The molecule has 168 valence electrons. The monoisotopic (exact) mass is 443 g/mol. The number of alkyl halides is 3. The average Bonchev–Trinajstić information content (AvgIpc) is 2.77. The van der Waals surface area contributed by atoms with Gasteiger partial charge < -0.3 is 10.2 Å². The third-order valence-corrected chi connectivity index (χ3v) is 4.97. The predicted molar refractivity (Wildman–Crippen MR) is 118 cm³/mol. The van der Waals surface area contributed by atoms with E-state index in [1.807, 2.05) is 13.8 Å². The second-order valence-electron chi connectivity index (χ2n) is 7.39. The fraction of sp³-hybridized carbons (Fsp3) is 0.292. The number of fused-ring (bicyclic) bond motifs is 1. The van der Waals surface area contributed by atoms with Gasteiger partial charge in [0.1, 0.15) is 0 Å². The third kappa shape index (κ3) is 5.07. The Morgan fingerprint density at radius 3 is 2.19 bits per heavy atom. The summed E-state index contributed by atoms with van der Waals surface area (Å²) in [5.41, 5.74) is -0.697. The van der Waals surface area contributed by atoms with Gasteiger partial charge in [-0.25, -0.2) is 0 Å². The number of carbonyl (C=O) groups excluding carboxylic acids is 2. The number of nitrogens with one attached hydrogen (secondary N) is 1. The molecular formula is C24H24F3N3O2. The van der Waals surface area contributed by atoms with Crippen LogP contribution in [0.15, 0.2) is 54.7 Å². The van der Waals surface area contributed by atoms with Crippen LogP contribution in [0.5, 0.6) is 0 Å². The second kappa shape index (κ2) is 9.80. The lowest BCUT2D eigenvalue weighted by atomic mass is 10.0. The Hall–Kier alpha value is -3.42. The molecule has 3 rings (SSSR count). The van der Waals surface area contributed by atoms with E-state index in [1.54, 1.807) is 23.1 Å². The van der Waals surface area contributed by atoms with Gasteiger partial charge in [-0.05, 0) is 43.2 Å². The van der Waals surface area contributed by atoms with E-state index in [0.717, 1.165) is 19.0 Å². The second-order valence-corrected chi connectivity index (χ2v) is 7.39. The van der Waals surface area contributed by atoms with Crippen molar-refractivity contribution in [1.29, 1.82) is 0 Å². The van der Waals surface area contributed by atoms with Crippen molar-refractivity contribution in [2.24, 2.45) is 0 Å². The summed E-state index contributed by atoms with van der Waals surface area (Å²) in [5.74, 6) is -1.04. The summed E-state index contributed by atoms with van der Waals surface area (Å²) in [6.45, 7) is 5.26. The molecular weight excluding hydrogens is 419 g/mol. The number of rotatable bonds is 7. The van der Waals surface area contributed by atoms with Gasteiger partial charge in [0.2, 0.25) is 0 Å². The summed E-state index contributed by atoms with van der Waals surface area (Å²) in [4.78, 5) is 31.1. The van der Waals surface area contributed by atoms with Gasteiger partial charge >= 0.3 is 6.18 Å². The molecule has 2 aromatic carbocycles. The normalized spacial score (nSPS) is 11.4. The molecule has 0 unspecified atom stereocenters. The first-order valence-electron chi connectivity index (χ1n) is 10.4. The maximum atomic E-state index is 13.8. The van der Waals surface area contributed by atoms with Crippen LogP contribution in [0.2, 0.25) is 0 Å². The van der Waals surface area contributed by atoms with Gasteiger partial charge in [0.25, 0.3) is 11.8 Å². The van der Waals surface area contributed by atoms with Crippen molar-refractivity contribution in [3.63, 3.8) is 0 Å². The number of aromatic nitrogens is 1. The fourth-order valence-electron chi connectivity index (χ4n) is 3.55. The van der Waals surface area contributed by atoms with E-state index in [2.05, 4.69) is 10.3 Å². The van der Waals surface area contributed by atoms with Crippen molar-refractivity contribution in [3.05, 3.63) is 71.4 Å². The molecule has 0 aliphatic heterocycles. The Labute approximate surface area is 184 Å². The van der Waals surface area contributed by atoms with Crippen LogP contribution in [-0.4, -0.2) is 34.8 Å². The molecule has 1 aromatic heterocycles. The number of halogens is 3. The number of amides is 2. The van der Waals surface area contributed by atoms with Crippen LogP contribution in [0.3, 0.4) is 0 Å². The molecule has 5 nitrogen and oxygen atoms in total. The van der Waals surface area contributed by atoms with Crippen molar-refractivity contribution in [2.45, 2.75) is 32.9 Å². The first kappa shape index (κ1) is 23.2. The van der Waals surface area contributed by atoms with Gasteiger partial charge in [-0.2, -0.15) is 13.2 Å². The molecule has 0 atom stereocenters. The van der Waals surface area contributed by atoms with Crippen LogP contribution in [0.4, 0.5) is 18.9 Å². The smallest absolute Gasteiger partial charge is 0.339 e. The lowest BCUT2D eigenvalue weighted by Crippen LogP contribution is -2.32. The molecule has 32 heavy (non-hydrogen) atoms.